The number of methoxy groups -OCH3 is 2. The van der Waals surface area contributed by atoms with Crippen LogP contribution in [-0.2, 0) is 4.74 Å². The molecule has 0 amide bonds. The van der Waals surface area contributed by atoms with Gasteiger partial charge in [0.15, 0.2) is 17.3 Å². The Hall–Kier alpha value is -3.75. The Labute approximate surface area is 202 Å². The second-order valence-electron chi connectivity index (χ2n) is 7.97. The largest absolute Gasteiger partial charge is 0.508 e. The molecule has 1 aromatic heterocycles. The van der Waals surface area contributed by atoms with Gasteiger partial charge in [-0.1, -0.05) is 0 Å². The molecule has 1 saturated heterocycles. The maximum atomic E-state index is 13.5. The highest BCUT2D eigenvalue weighted by Gasteiger charge is 2.45. The molecule has 0 bridgehead atoms. The van der Waals surface area contributed by atoms with Crippen LogP contribution in [0.1, 0.15) is 0 Å². The summed E-state index contributed by atoms with van der Waals surface area (Å²) in [5.74, 6) is -2.44. The van der Waals surface area contributed by atoms with E-state index in [1.54, 1.807) is 0 Å². The van der Waals surface area contributed by atoms with Gasteiger partial charge in [-0.2, -0.15) is 0 Å². The van der Waals surface area contributed by atoms with Crippen LogP contribution in [-0.4, -0.2) is 87.3 Å². The first-order chi connectivity index (χ1) is 17.1. The van der Waals surface area contributed by atoms with Crippen molar-refractivity contribution in [2.24, 2.45) is 0 Å². The summed E-state index contributed by atoms with van der Waals surface area (Å²) in [7, 11) is 2.55. The monoisotopic (exact) mass is 508 g/mol. The van der Waals surface area contributed by atoms with Crippen molar-refractivity contribution in [2.75, 3.05) is 20.8 Å². The Morgan fingerprint density at radius 3 is 2.14 bits per heavy atom. The number of phenolic OH excluding ortho intramolecular Hbond substituents is 3. The summed E-state index contributed by atoms with van der Waals surface area (Å²) in [5, 5.41) is 70.1. The molecule has 3 aromatic rings. The summed E-state index contributed by atoms with van der Waals surface area (Å²) in [6.45, 7) is -0.740. The molecule has 36 heavy (non-hydrogen) atoms. The number of hydrogen-bond acceptors (Lipinski definition) is 13. The molecule has 0 aliphatic carbocycles. The van der Waals surface area contributed by atoms with E-state index in [-0.39, 0.29) is 39.5 Å². The van der Waals surface area contributed by atoms with Crippen molar-refractivity contribution in [3.05, 3.63) is 34.5 Å². The van der Waals surface area contributed by atoms with Crippen LogP contribution in [0.15, 0.2) is 33.5 Å². The van der Waals surface area contributed by atoms with Crippen molar-refractivity contribution in [3.63, 3.8) is 0 Å². The first kappa shape index (κ1) is 25.3. The van der Waals surface area contributed by atoms with E-state index in [0.717, 1.165) is 12.1 Å². The average Bonchev–Trinajstić information content (AvgIpc) is 2.85. The summed E-state index contributed by atoms with van der Waals surface area (Å²) in [4.78, 5) is 13.5. The molecular weight excluding hydrogens is 484 g/mol. The molecule has 0 saturated carbocycles. The van der Waals surface area contributed by atoms with Gasteiger partial charge in [-0.05, 0) is 12.1 Å². The van der Waals surface area contributed by atoms with Crippen molar-refractivity contribution >= 4 is 11.0 Å². The maximum absolute atomic E-state index is 13.5. The van der Waals surface area contributed by atoms with Crippen LogP contribution in [0.2, 0.25) is 0 Å². The number of rotatable bonds is 6. The summed E-state index contributed by atoms with van der Waals surface area (Å²) in [5.41, 5.74) is -1.12. The van der Waals surface area contributed by atoms with Gasteiger partial charge in [0.2, 0.25) is 23.2 Å². The Morgan fingerprint density at radius 1 is 0.917 bits per heavy atom. The molecule has 1 aliphatic rings. The zero-order chi connectivity index (χ0) is 26.3. The van der Waals surface area contributed by atoms with Crippen LogP contribution >= 0.6 is 0 Å². The normalized spacial score (nSPS) is 24.0. The molecule has 7 N–H and O–H groups in total. The van der Waals surface area contributed by atoms with Crippen molar-refractivity contribution < 1.29 is 59.1 Å². The molecule has 4 rings (SSSR count). The van der Waals surface area contributed by atoms with Crippen molar-refractivity contribution in [2.45, 2.75) is 30.7 Å². The molecule has 0 radical (unpaired) electrons. The first-order valence-electron chi connectivity index (χ1n) is 10.6. The lowest BCUT2D eigenvalue weighted by atomic mass is 9.99. The van der Waals surface area contributed by atoms with Crippen LogP contribution < -0.4 is 19.6 Å². The highest BCUT2D eigenvalue weighted by atomic mass is 16.7. The van der Waals surface area contributed by atoms with Crippen LogP contribution in [0.5, 0.6) is 34.5 Å². The predicted molar refractivity (Wildman–Crippen MR) is 120 cm³/mol. The van der Waals surface area contributed by atoms with E-state index in [2.05, 4.69) is 0 Å². The van der Waals surface area contributed by atoms with Gasteiger partial charge in [0.05, 0.1) is 20.8 Å². The van der Waals surface area contributed by atoms with Gasteiger partial charge < -0.3 is 59.1 Å². The summed E-state index contributed by atoms with van der Waals surface area (Å²) < 4.78 is 27.1. The second-order valence-corrected chi connectivity index (χ2v) is 7.97. The molecule has 5 atom stereocenters. The molecule has 1 aliphatic heterocycles. The molecular formula is C23H24O13. The SMILES string of the molecule is COc1cc(-c2oc3cc(O)cc(O)c3c(=O)c2O[C@H]2O[C@H](CO)[C@H](O)[C@H](O)[C@H]2O)cc(OC)c1O. The van der Waals surface area contributed by atoms with Gasteiger partial charge in [0.25, 0.3) is 0 Å². The molecule has 0 spiro atoms. The van der Waals surface area contributed by atoms with Gasteiger partial charge in [-0.3, -0.25) is 4.79 Å². The minimum Gasteiger partial charge on any atom is -0.508 e. The van der Waals surface area contributed by atoms with Crippen molar-refractivity contribution in [1.82, 2.24) is 0 Å². The van der Waals surface area contributed by atoms with E-state index in [1.807, 2.05) is 0 Å². The molecule has 2 aromatic carbocycles. The number of aliphatic hydroxyl groups excluding tert-OH is 4. The Bertz CT molecular complexity index is 1310. The first-order valence-corrected chi connectivity index (χ1v) is 10.6. The van der Waals surface area contributed by atoms with E-state index in [1.165, 1.54) is 26.4 Å². The minimum absolute atomic E-state index is 0.0651. The summed E-state index contributed by atoms with van der Waals surface area (Å²) >= 11 is 0. The minimum atomic E-state index is -1.86. The standard InChI is InChI=1S/C23H24O13/c1-32-12-3-8(4-13(33-2)16(12)27)21-22(18(29)15-10(26)5-9(25)6-11(15)34-21)36-23-20(31)19(30)17(28)14(7-24)35-23/h3-6,14,17,19-20,23-28,30-31H,7H2,1-2H3/t14-,17+,19+,20-,23-/m1/s1. The van der Waals surface area contributed by atoms with Crippen LogP contribution in [0.4, 0.5) is 0 Å². The van der Waals surface area contributed by atoms with Gasteiger partial charge >= 0.3 is 0 Å². The lowest BCUT2D eigenvalue weighted by molar-refractivity contribution is -0.277. The van der Waals surface area contributed by atoms with E-state index in [4.69, 9.17) is 23.4 Å². The van der Waals surface area contributed by atoms with Gasteiger partial charge in [0, 0.05) is 17.7 Å². The molecule has 1 fully saturated rings. The van der Waals surface area contributed by atoms with Crippen LogP contribution in [0.25, 0.3) is 22.3 Å². The fourth-order valence-corrected chi connectivity index (χ4v) is 3.87. The molecule has 194 valence electrons. The highest BCUT2D eigenvalue weighted by molar-refractivity contribution is 5.88. The van der Waals surface area contributed by atoms with E-state index < -0.39 is 60.0 Å². The molecule has 2 heterocycles. The summed E-state index contributed by atoms with van der Waals surface area (Å²) in [6.07, 6.45) is -8.42. The lowest BCUT2D eigenvalue weighted by Gasteiger charge is -2.39. The highest BCUT2D eigenvalue weighted by Crippen LogP contribution is 2.43. The second kappa shape index (κ2) is 9.72. The average molecular weight is 508 g/mol. The molecule has 0 unspecified atom stereocenters. The number of fused-ring (bicyclic) bond motifs is 1. The Kier molecular flexibility index (Phi) is 6.84. The number of ether oxygens (including phenoxy) is 4. The van der Waals surface area contributed by atoms with E-state index in [0.29, 0.717) is 0 Å². The number of aliphatic hydroxyl groups is 4. The van der Waals surface area contributed by atoms with Gasteiger partial charge in [-0.25, -0.2) is 0 Å². The lowest BCUT2D eigenvalue weighted by Crippen LogP contribution is -2.60. The predicted octanol–water partition coefficient (Wildman–Crippen LogP) is -0.227. The van der Waals surface area contributed by atoms with Gasteiger partial charge in [-0.15, -0.1) is 0 Å². The number of hydrogen-bond donors (Lipinski definition) is 7. The molecule has 13 heteroatoms. The summed E-state index contributed by atoms with van der Waals surface area (Å²) in [6, 6.07) is 4.55. The number of aromatic hydroxyl groups is 3. The third kappa shape index (κ3) is 4.23. The number of phenols is 3. The fourth-order valence-electron chi connectivity index (χ4n) is 3.87. The van der Waals surface area contributed by atoms with Crippen LogP contribution in [0, 0.1) is 0 Å². The number of benzene rings is 2. The quantitative estimate of drug-likeness (QED) is 0.230. The fraction of sp³-hybridized carbons (Fsp3) is 0.348. The van der Waals surface area contributed by atoms with Crippen LogP contribution in [0.3, 0.4) is 0 Å². The maximum Gasteiger partial charge on any atom is 0.239 e. The third-order valence-corrected chi connectivity index (χ3v) is 5.74. The zero-order valence-corrected chi connectivity index (χ0v) is 19.0. The smallest absolute Gasteiger partial charge is 0.239 e. The Balaban J connectivity index is 1.96. The van der Waals surface area contributed by atoms with Crippen molar-refractivity contribution in [1.29, 1.82) is 0 Å². The van der Waals surface area contributed by atoms with Gasteiger partial charge in [0.1, 0.15) is 46.9 Å². The van der Waals surface area contributed by atoms with Crippen molar-refractivity contribution in [3.8, 4) is 45.8 Å². The topological polar surface area (TPSA) is 209 Å². The zero-order valence-electron chi connectivity index (χ0n) is 19.0. The van der Waals surface area contributed by atoms with E-state index in [9.17, 15) is 40.5 Å². The third-order valence-electron chi connectivity index (χ3n) is 5.74. The van der Waals surface area contributed by atoms with E-state index >= 15 is 0 Å². The Morgan fingerprint density at radius 2 is 1.56 bits per heavy atom. The molecule has 13 nitrogen and oxygen atoms in total.